The molecule has 112 valence electrons. The van der Waals surface area contributed by atoms with Crippen LogP contribution in [-0.2, 0) is 0 Å². The topological polar surface area (TPSA) is 63.5 Å². The number of hydrogen-bond acceptors (Lipinski definition) is 3. The summed E-state index contributed by atoms with van der Waals surface area (Å²) in [6.07, 6.45) is 5.75. The molecule has 6 heteroatoms. The molecule has 0 saturated heterocycles. The van der Waals surface area contributed by atoms with E-state index in [0.717, 1.165) is 25.7 Å². The molecule has 1 amide bonds. The molecule has 1 saturated carbocycles. The van der Waals surface area contributed by atoms with Crippen LogP contribution in [0.25, 0.3) is 0 Å². The first-order valence-electron chi connectivity index (χ1n) is 6.90. The van der Waals surface area contributed by atoms with Crippen molar-refractivity contribution in [2.75, 3.05) is 6.54 Å². The average molecular weight is 309 g/mol. The first-order chi connectivity index (χ1) is 10.0. The van der Waals surface area contributed by atoms with Crippen molar-refractivity contribution in [3.63, 3.8) is 0 Å². The first-order valence-corrected chi connectivity index (χ1v) is 7.28. The maximum absolute atomic E-state index is 12.7. The van der Waals surface area contributed by atoms with Crippen molar-refractivity contribution < 1.29 is 9.72 Å². The Labute approximate surface area is 128 Å². The van der Waals surface area contributed by atoms with Gasteiger partial charge in [-0.2, -0.15) is 0 Å². The average Bonchev–Trinajstić information content (AvgIpc) is 2.98. The van der Waals surface area contributed by atoms with E-state index in [-0.39, 0.29) is 28.2 Å². The molecule has 0 aliphatic heterocycles. The van der Waals surface area contributed by atoms with Gasteiger partial charge in [-0.1, -0.05) is 30.5 Å². The van der Waals surface area contributed by atoms with E-state index in [1.165, 1.54) is 18.2 Å². The van der Waals surface area contributed by atoms with E-state index in [9.17, 15) is 14.9 Å². The van der Waals surface area contributed by atoms with E-state index in [1.54, 1.807) is 11.0 Å². The number of carbonyl (C=O) groups excluding carboxylic acids is 1. The van der Waals surface area contributed by atoms with Gasteiger partial charge in [0.25, 0.3) is 11.6 Å². The fraction of sp³-hybridized carbons (Fsp3) is 0.400. The Kier molecular flexibility index (Phi) is 4.96. The molecule has 21 heavy (non-hydrogen) atoms. The van der Waals surface area contributed by atoms with Gasteiger partial charge in [0.15, 0.2) is 0 Å². The predicted octanol–water partition coefficient (Wildman–Crippen LogP) is 3.82. The van der Waals surface area contributed by atoms with Crippen molar-refractivity contribution in [2.24, 2.45) is 0 Å². The molecular weight excluding hydrogens is 292 g/mol. The molecule has 1 aliphatic rings. The summed E-state index contributed by atoms with van der Waals surface area (Å²) in [5.41, 5.74) is 0.0485. The molecule has 0 radical (unpaired) electrons. The summed E-state index contributed by atoms with van der Waals surface area (Å²) < 4.78 is 0. The Morgan fingerprint density at radius 1 is 1.48 bits per heavy atom. The number of amides is 1. The van der Waals surface area contributed by atoms with Crippen molar-refractivity contribution in [1.29, 1.82) is 0 Å². The lowest BCUT2D eigenvalue weighted by Crippen LogP contribution is -2.39. The highest BCUT2D eigenvalue weighted by Crippen LogP contribution is 2.28. The van der Waals surface area contributed by atoms with Crippen LogP contribution in [0.2, 0.25) is 5.02 Å². The highest BCUT2D eigenvalue weighted by atomic mass is 35.5. The summed E-state index contributed by atoms with van der Waals surface area (Å²) in [6, 6.07) is 4.10. The van der Waals surface area contributed by atoms with E-state index in [4.69, 9.17) is 11.6 Å². The molecule has 1 aromatic carbocycles. The molecule has 0 aromatic heterocycles. The second kappa shape index (κ2) is 6.72. The summed E-state index contributed by atoms with van der Waals surface area (Å²) in [4.78, 5) is 24.7. The highest BCUT2D eigenvalue weighted by Gasteiger charge is 2.28. The van der Waals surface area contributed by atoms with E-state index in [0.29, 0.717) is 6.54 Å². The van der Waals surface area contributed by atoms with Crippen molar-refractivity contribution >= 4 is 23.2 Å². The van der Waals surface area contributed by atoms with Crippen LogP contribution in [0.5, 0.6) is 0 Å². The molecule has 1 fully saturated rings. The quantitative estimate of drug-likeness (QED) is 0.472. The minimum absolute atomic E-state index is 0.132. The lowest BCUT2D eigenvalue weighted by molar-refractivity contribution is -0.384. The van der Waals surface area contributed by atoms with Crippen LogP contribution in [0.15, 0.2) is 30.9 Å². The van der Waals surface area contributed by atoms with Crippen LogP contribution in [0.4, 0.5) is 5.69 Å². The maximum atomic E-state index is 12.7. The van der Waals surface area contributed by atoms with Crippen LogP contribution in [0.1, 0.15) is 36.0 Å². The Balaban J connectivity index is 2.33. The number of rotatable bonds is 5. The van der Waals surface area contributed by atoms with Crippen LogP contribution < -0.4 is 0 Å². The lowest BCUT2D eigenvalue weighted by atomic mass is 10.1. The number of non-ortho nitro benzene ring substituents is 1. The third-order valence-corrected chi connectivity index (χ3v) is 4.07. The Hall–Kier alpha value is -1.88. The molecule has 0 bridgehead atoms. The van der Waals surface area contributed by atoms with Crippen LogP contribution in [-0.4, -0.2) is 28.3 Å². The standard InChI is InChI=1S/C15H17ClN2O3/c1-2-9-17(11-5-3-4-6-11)15(19)13-10-12(18(20)21)7-8-14(13)16/h2,7-8,10-11H,1,3-6,9H2. The van der Waals surface area contributed by atoms with Crippen molar-refractivity contribution in [1.82, 2.24) is 4.90 Å². The zero-order chi connectivity index (χ0) is 15.4. The SMILES string of the molecule is C=CCN(C(=O)c1cc([N+](=O)[O-])ccc1Cl)C1CCCC1. The molecular formula is C15H17ClN2O3. The summed E-state index contributed by atoms with van der Waals surface area (Å²) in [5.74, 6) is -0.268. The second-order valence-electron chi connectivity index (χ2n) is 5.11. The van der Waals surface area contributed by atoms with Gasteiger partial charge in [0.05, 0.1) is 15.5 Å². The number of nitro groups is 1. The van der Waals surface area contributed by atoms with Crippen molar-refractivity contribution in [3.8, 4) is 0 Å². The molecule has 5 nitrogen and oxygen atoms in total. The number of benzene rings is 1. The molecule has 0 N–H and O–H groups in total. The summed E-state index contributed by atoms with van der Waals surface area (Å²) >= 11 is 6.05. The fourth-order valence-corrected chi connectivity index (χ4v) is 2.90. The number of halogens is 1. The minimum Gasteiger partial charge on any atom is -0.332 e. The van der Waals surface area contributed by atoms with Gasteiger partial charge in [-0.15, -0.1) is 6.58 Å². The molecule has 1 aliphatic carbocycles. The number of carbonyl (C=O) groups is 1. The van der Waals surface area contributed by atoms with Gasteiger partial charge in [-0.05, 0) is 18.9 Å². The number of hydrogen-bond donors (Lipinski definition) is 0. The molecule has 0 heterocycles. The van der Waals surface area contributed by atoms with Gasteiger partial charge in [-0.25, -0.2) is 0 Å². The maximum Gasteiger partial charge on any atom is 0.270 e. The van der Waals surface area contributed by atoms with E-state index in [1.807, 2.05) is 0 Å². The Morgan fingerprint density at radius 3 is 2.71 bits per heavy atom. The normalized spacial score (nSPS) is 14.9. The monoisotopic (exact) mass is 308 g/mol. The molecule has 1 aromatic rings. The van der Waals surface area contributed by atoms with Gasteiger partial charge in [0.2, 0.25) is 0 Å². The minimum atomic E-state index is -0.527. The summed E-state index contributed by atoms with van der Waals surface area (Å²) in [5, 5.41) is 11.1. The van der Waals surface area contributed by atoms with E-state index in [2.05, 4.69) is 6.58 Å². The summed E-state index contributed by atoms with van der Waals surface area (Å²) in [6.45, 7) is 4.10. The van der Waals surface area contributed by atoms with Crippen LogP contribution >= 0.6 is 11.6 Å². The highest BCUT2D eigenvalue weighted by molar-refractivity contribution is 6.33. The van der Waals surface area contributed by atoms with Gasteiger partial charge in [0, 0.05) is 24.7 Å². The Morgan fingerprint density at radius 2 is 2.14 bits per heavy atom. The predicted molar refractivity (Wildman–Crippen MR) is 81.6 cm³/mol. The molecule has 0 unspecified atom stereocenters. The smallest absolute Gasteiger partial charge is 0.270 e. The molecule has 0 atom stereocenters. The van der Waals surface area contributed by atoms with Crippen molar-refractivity contribution in [3.05, 3.63) is 51.6 Å². The van der Waals surface area contributed by atoms with Crippen LogP contribution in [0.3, 0.4) is 0 Å². The number of nitrogens with zero attached hydrogens (tertiary/aromatic N) is 2. The van der Waals surface area contributed by atoms with Crippen LogP contribution in [0, 0.1) is 10.1 Å². The Bertz CT molecular complexity index is 568. The fourth-order valence-electron chi connectivity index (χ4n) is 2.70. The first kappa shape index (κ1) is 15.5. The number of nitro benzene ring substituents is 1. The van der Waals surface area contributed by atoms with Gasteiger partial charge < -0.3 is 4.90 Å². The van der Waals surface area contributed by atoms with Crippen molar-refractivity contribution in [2.45, 2.75) is 31.7 Å². The van der Waals surface area contributed by atoms with Gasteiger partial charge in [-0.3, -0.25) is 14.9 Å². The largest absolute Gasteiger partial charge is 0.332 e. The van der Waals surface area contributed by atoms with Gasteiger partial charge >= 0.3 is 0 Å². The van der Waals surface area contributed by atoms with E-state index < -0.39 is 4.92 Å². The lowest BCUT2D eigenvalue weighted by Gasteiger charge is -2.28. The second-order valence-corrected chi connectivity index (χ2v) is 5.51. The molecule has 2 rings (SSSR count). The zero-order valence-electron chi connectivity index (χ0n) is 11.6. The summed E-state index contributed by atoms with van der Waals surface area (Å²) in [7, 11) is 0. The molecule has 0 spiro atoms. The zero-order valence-corrected chi connectivity index (χ0v) is 12.4. The third kappa shape index (κ3) is 3.42. The van der Waals surface area contributed by atoms with Gasteiger partial charge in [0.1, 0.15) is 0 Å². The third-order valence-electron chi connectivity index (χ3n) is 3.74. The van der Waals surface area contributed by atoms with E-state index >= 15 is 0 Å².